The van der Waals surface area contributed by atoms with E-state index in [-0.39, 0.29) is 6.10 Å². The van der Waals surface area contributed by atoms with Crippen LogP contribution in [0, 0.1) is 5.92 Å². The number of hydrogen-bond donors (Lipinski definition) is 0. The van der Waals surface area contributed by atoms with Gasteiger partial charge < -0.3 is 14.4 Å². The lowest BCUT2D eigenvalue weighted by Crippen LogP contribution is -2.43. The molecule has 2 heterocycles. The third kappa shape index (κ3) is 6.14. The second-order valence-electron chi connectivity index (χ2n) is 9.23. The van der Waals surface area contributed by atoms with Crippen molar-refractivity contribution in [2.24, 2.45) is 5.92 Å². The van der Waals surface area contributed by atoms with Gasteiger partial charge in [0.25, 0.3) is 0 Å². The molecule has 168 valence electrons. The van der Waals surface area contributed by atoms with Gasteiger partial charge in [0.05, 0.1) is 6.10 Å². The largest absolute Gasteiger partial charge is 0.434 e. The SMILES string of the molecule is FC(F)Oc1ccccc1CN(CC1CCN(C2CCCC2)CC1)C[C@@H]1CCCO1. The molecule has 0 bridgehead atoms. The van der Waals surface area contributed by atoms with E-state index in [9.17, 15) is 8.78 Å². The third-order valence-corrected chi connectivity index (χ3v) is 7.08. The van der Waals surface area contributed by atoms with Crippen molar-refractivity contribution in [1.82, 2.24) is 9.80 Å². The van der Waals surface area contributed by atoms with Crippen LogP contribution < -0.4 is 4.74 Å². The van der Waals surface area contributed by atoms with Crippen molar-refractivity contribution in [1.29, 1.82) is 0 Å². The highest BCUT2D eigenvalue weighted by molar-refractivity contribution is 5.33. The summed E-state index contributed by atoms with van der Waals surface area (Å²) in [5.74, 6) is 0.952. The summed E-state index contributed by atoms with van der Waals surface area (Å²) >= 11 is 0. The molecule has 30 heavy (non-hydrogen) atoms. The molecule has 6 heteroatoms. The zero-order valence-corrected chi connectivity index (χ0v) is 18.0. The fraction of sp³-hybridized carbons (Fsp3) is 0.750. The standard InChI is InChI=1S/C24H36F2N2O2/c25-24(26)30-23-10-4-1-6-20(23)17-27(18-22-9-5-15-29-22)16-19-11-13-28(14-12-19)21-7-2-3-8-21/h1,4,6,10,19,21-22,24H,2-3,5,7-9,11-18H2/t22-/m0/s1. The number of halogens is 2. The van der Waals surface area contributed by atoms with Crippen LogP contribution in [0.3, 0.4) is 0 Å². The molecule has 0 unspecified atom stereocenters. The van der Waals surface area contributed by atoms with Crippen molar-refractivity contribution < 1.29 is 18.3 Å². The van der Waals surface area contributed by atoms with E-state index >= 15 is 0 Å². The molecule has 4 rings (SSSR count). The van der Waals surface area contributed by atoms with Crippen LogP contribution in [0.5, 0.6) is 5.75 Å². The van der Waals surface area contributed by atoms with E-state index in [0.717, 1.165) is 44.1 Å². The summed E-state index contributed by atoms with van der Waals surface area (Å²) in [5, 5.41) is 0. The molecule has 4 nitrogen and oxygen atoms in total. The zero-order valence-electron chi connectivity index (χ0n) is 18.0. The summed E-state index contributed by atoms with van der Waals surface area (Å²) in [6.45, 7) is 2.95. The molecular formula is C24H36F2N2O2. The molecule has 1 saturated carbocycles. The molecule has 1 aromatic carbocycles. The maximum Gasteiger partial charge on any atom is 0.387 e. The number of nitrogens with zero attached hydrogens (tertiary/aromatic N) is 2. The van der Waals surface area contributed by atoms with Gasteiger partial charge in [0.15, 0.2) is 0 Å². The van der Waals surface area contributed by atoms with Gasteiger partial charge >= 0.3 is 6.61 Å². The highest BCUT2D eigenvalue weighted by Crippen LogP contribution is 2.29. The van der Waals surface area contributed by atoms with Crippen LogP contribution in [-0.4, -0.2) is 61.3 Å². The first-order chi connectivity index (χ1) is 14.7. The number of hydrogen-bond acceptors (Lipinski definition) is 4. The van der Waals surface area contributed by atoms with Crippen LogP contribution in [0.4, 0.5) is 8.78 Å². The average Bonchev–Trinajstić information content (AvgIpc) is 3.44. The lowest BCUT2D eigenvalue weighted by Gasteiger charge is -2.38. The van der Waals surface area contributed by atoms with Gasteiger partial charge in [0.1, 0.15) is 5.75 Å². The summed E-state index contributed by atoms with van der Waals surface area (Å²) < 4.78 is 36.4. The molecule has 3 aliphatic rings. The second kappa shape index (κ2) is 10.9. The summed E-state index contributed by atoms with van der Waals surface area (Å²) in [7, 11) is 0. The number of rotatable bonds is 9. The van der Waals surface area contributed by atoms with E-state index in [2.05, 4.69) is 9.80 Å². The van der Waals surface area contributed by atoms with E-state index < -0.39 is 6.61 Å². The topological polar surface area (TPSA) is 24.9 Å². The van der Waals surface area contributed by atoms with Crippen molar-refractivity contribution in [2.45, 2.75) is 76.7 Å². The van der Waals surface area contributed by atoms with Crippen LogP contribution in [0.2, 0.25) is 0 Å². The van der Waals surface area contributed by atoms with Gasteiger partial charge in [-0.3, -0.25) is 4.90 Å². The minimum absolute atomic E-state index is 0.256. The Kier molecular flexibility index (Phi) is 7.96. The molecular weight excluding hydrogens is 386 g/mol. The number of piperidine rings is 1. The summed E-state index contributed by atoms with van der Waals surface area (Å²) in [5.41, 5.74) is 0.833. The molecule has 0 spiro atoms. The van der Waals surface area contributed by atoms with Crippen molar-refractivity contribution >= 4 is 0 Å². The Morgan fingerprint density at radius 3 is 2.47 bits per heavy atom. The molecule has 0 aromatic heterocycles. The third-order valence-electron chi connectivity index (χ3n) is 7.08. The van der Waals surface area contributed by atoms with Gasteiger partial charge in [0, 0.05) is 37.8 Å². The summed E-state index contributed by atoms with van der Waals surface area (Å²) in [6.07, 6.45) is 10.4. The molecule has 2 saturated heterocycles. The van der Waals surface area contributed by atoms with Gasteiger partial charge in [-0.15, -0.1) is 0 Å². The molecule has 1 atom stereocenters. The van der Waals surface area contributed by atoms with Crippen LogP contribution in [-0.2, 0) is 11.3 Å². The highest BCUT2D eigenvalue weighted by atomic mass is 19.3. The van der Waals surface area contributed by atoms with E-state index in [1.807, 2.05) is 12.1 Å². The monoisotopic (exact) mass is 422 g/mol. The van der Waals surface area contributed by atoms with Crippen LogP contribution >= 0.6 is 0 Å². The van der Waals surface area contributed by atoms with Crippen molar-refractivity contribution in [3.63, 3.8) is 0 Å². The lowest BCUT2D eigenvalue weighted by atomic mass is 9.94. The predicted octanol–water partition coefficient (Wildman–Crippen LogP) is 4.92. The molecule has 1 aromatic rings. The molecule has 0 N–H and O–H groups in total. The number of benzene rings is 1. The Morgan fingerprint density at radius 2 is 1.77 bits per heavy atom. The van der Waals surface area contributed by atoms with Gasteiger partial charge in [-0.1, -0.05) is 31.0 Å². The molecule has 3 fully saturated rings. The predicted molar refractivity (Wildman–Crippen MR) is 114 cm³/mol. The Morgan fingerprint density at radius 1 is 1.00 bits per heavy atom. The number of alkyl halides is 2. The van der Waals surface area contributed by atoms with Gasteiger partial charge in [-0.05, 0) is 63.6 Å². The van der Waals surface area contributed by atoms with Crippen molar-refractivity contribution in [2.75, 3.05) is 32.8 Å². The normalized spacial score (nSPS) is 24.3. The minimum Gasteiger partial charge on any atom is -0.434 e. The van der Waals surface area contributed by atoms with Crippen LogP contribution in [0.25, 0.3) is 0 Å². The van der Waals surface area contributed by atoms with Crippen molar-refractivity contribution in [3.05, 3.63) is 29.8 Å². The number of ether oxygens (including phenoxy) is 2. The second-order valence-corrected chi connectivity index (χ2v) is 9.23. The number of likely N-dealkylation sites (tertiary alicyclic amines) is 1. The highest BCUT2D eigenvalue weighted by Gasteiger charge is 2.29. The first-order valence-electron chi connectivity index (χ1n) is 11.8. The van der Waals surface area contributed by atoms with Gasteiger partial charge in [0.2, 0.25) is 0 Å². The zero-order chi connectivity index (χ0) is 20.8. The van der Waals surface area contributed by atoms with E-state index in [0.29, 0.717) is 18.2 Å². The van der Waals surface area contributed by atoms with Crippen LogP contribution in [0.15, 0.2) is 24.3 Å². The average molecular weight is 423 g/mol. The molecule has 0 radical (unpaired) electrons. The Bertz CT molecular complexity index is 640. The molecule has 1 aliphatic carbocycles. The minimum atomic E-state index is -2.79. The van der Waals surface area contributed by atoms with E-state index in [1.54, 1.807) is 12.1 Å². The van der Waals surface area contributed by atoms with E-state index in [1.165, 1.54) is 51.6 Å². The van der Waals surface area contributed by atoms with Crippen LogP contribution in [0.1, 0.15) is 56.9 Å². The molecule has 2 aliphatic heterocycles. The lowest BCUT2D eigenvalue weighted by molar-refractivity contribution is -0.0509. The fourth-order valence-corrected chi connectivity index (χ4v) is 5.50. The molecule has 0 amide bonds. The quantitative estimate of drug-likeness (QED) is 0.564. The van der Waals surface area contributed by atoms with Gasteiger partial charge in [-0.25, -0.2) is 0 Å². The Balaban J connectivity index is 1.37. The van der Waals surface area contributed by atoms with Gasteiger partial charge in [-0.2, -0.15) is 8.78 Å². The van der Waals surface area contributed by atoms with E-state index in [4.69, 9.17) is 9.47 Å². The Labute approximate surface area is 179 Å². The maximum absolute atomic E-state index is 12.8. The fourth-order valence-electron chi connectivity index (χ4n) is 5.50. The first kappa shape index (κ1) is 22.0. The smallest absolute Gasteiger partial charge is 0.387 e. The van der Waals surface area contributed by atoms with Crippen molar-refractivity contribution in [3.8, 4) is 5.75 Å². The summed E-state index contributed by atoms with van der Waals surface area (Å²) in [4.78, 5) is 5.12. The Hall–Kier alpha value is -1.24. The first-order valence-corrected chi connectivity index (χ1v) is 11.8. The summed E-state index contributed by atoms with van der Waals surface area (Å²) in [6, 6.07) is 8.02. The number of para-hydroxylation sites is 1. The maximum atomic E-state index is 12.8.